The van der Waals surface area contributed by atoms with Gasteiger partial charge in [-0.2, -0.15) is 0 Å². The maximum Gasteiger partial charge on any atom is 0.101 e. The van der Waals surface area contributed by atoms with Gasteiger partial charge in [-0.05, 0) is 37.3 Å². The molecule has 2 fully saturated rings. The van der Waals surface area contributed by atoms with Gasteiger partial charge in [0.2, 0.25) is 0 Å². The SMILES string of the molecule is OC(CNC1CCN2CCCC12)c1cccs1. The molecule has 0 aromatic carbocycles. The van der Waals surface area contributed by atoms with E-state index in [2.05, 4.69) is 10.2 Å². The third-order valence-electron chi connectivity index (χ3n) is 4.05. The van der Waals surface area contributed by atoms with Crippen molar-refractivity contribution in [1.82, 2.24) is 10.2 Å². The number of thiophene rings is 1. The highest BCUT2D eigenvalue weighted by Gasteiger charge is 2.36. The molecule has 17 heavy (non-hydrogen) atoms. The van der Waals surface area contributed by atoms with Gasteiger partial charge in [-0.1, -0.05) is 6.07 Å². The molecule has 2 aliphatic rings. The standard InChI is InChI=1S/C13H20N2OS/c16-12(13-4-2-8-17-13)9-14-10-5-7-15-6-1-3-11(10)15/h2,4,8,10-12,14,16H,1,3,5-7,9H2. The molecule has 3 unspecified atom stereocenters. The van der Waals surface area contributed by atoms with E-state index < -0.39 is 0 Å². The largest absolute Gasteiger partial charge is 0.386 e. The second-order valence-corrected chi connectivity index (χ2v) is 6.06. The molecular weight excluding hydrogens is 232 g/mol. The van der Waals surface area contributed by atoms with Gasteiger partial charge in [0, 0.05) is 30.1 Å². The minimum atomic E-state index is -0.342. The van der Waals surface area contributed by atoms with Crippen LogP contribution in [0.25, 0.3) is 0 Å². The molecule has 2 N–H and O–H groups in total. The normalized spacial score (nSPS) is 30.6. The quantitative estimate of drug-likeness (QED) is 0.854. The number of aliphatic hydroxyl groups excluding tert-OH is 1. The highest BCUT2D eigenvalue weighted by Crippen LogP contribution is 2.28. The van der Waals surface area contributed by atoms with Crippen molar-refractivity contribution < 1.29 is 5.11 Å². The smallest absolute Gasteiger partial charge is 0.101 e. The summed E-state index contributed by atoms with van der Waals surface area (Å²) in [7, 11) is 0. The van der Waals surface area contributed by atoms with Crippen molar-refractivity contribution in [2.75, 3.05) is 19.6 Å². The Kier molecular flexibility index (Phi) is 3.47. The number of nitrogens with zero attached hydrogens (tertiary/aromatic N) is 1. The lowest BCUT2D eigenvalue weighted by molar-refractivity contribution is 0.169. The van der Waals surface area contributed by atoms with Crippen LogP contribution < -0.4 is 5.32 Å². The van der Waals surface area contributed by atoms with Crippen LogP contribution in [0.2, 0.25) is 0 Å². The second-order valence-electron chi connectivity index (χ2n) is 5.08. The third kappa shape index (κ3) is 2.40. The van der Waals surface area contributed by atoms with Crippen LogP contribution >= 0.6 is 11.3 Å². The fraction of sp³-hybridized carbons (Fsp3) is 0.692. The monoisotopic (exact) mass is 252 g/mol. The molecule has 0 aliphatic carbocycles. The molecule has 3 rings (SSSR count). The number of aliphatic hydroxyl groups is 1. The van der Waals surface area contributed by atoms with Gasteiger partial charge < -0.3 is 10.4 Å². The summed E-state index contributed by atoms with van der Waals surface area (Å²) >= 11 is 1.63. The molecule has 0 spiro atoms. The maximum absolute atomic E-state index is 10.0. The Morgan fingerprint density at radius 1 is 1.47 bits per heavy atom. The second kappa shape index (κ2) is 5.06. The molecule has 0 saturated carbocycles. The van der Waals surface area contributed by atoms with Gasteiger partial charge in [-0.3, -0.25) is 4.90 Å². The topological polar surface area (TPSA) is 35.5 Å². The number of fused-ring (bicyclic) bond motifs is 1. The van der Waals surface area contributed by atoms with Gasteiger partial charge in [-0.25, -0.2) is 0 Å². The summed E-state index contributed by atoms with van der Waals surface area (Å²) in [5.74, 6) is 0. The molecule has 1 aromatic heterocycles. The molecule has 94 valence electrons. The number of rotatable bonds is 4. The summed E-state index contributed by atoms with van der Waals surface area (Å²) in [6, 6.07) is 5.32. The van der Waals surface area contributed by atoms with Gasteiger partial charge in [0.25, 0.3) is 0 Å². The van der Waals surface area contributed by atoms with E-state index in [0.717, 1.165) is 10.9 Å². The van der Waals surface area contributed by atoms with E-state index in [0.29, 0.717) is 12.6 Å². The Bertz CT molecular complexity index is 354. The van der Waals surface area contributed by atoms with E-state index >= 15 is 0 Å². The summed E-state index contributed by atoms with van der Waals surface area (Å²) in [4.78, 5) is 3.66. The van der Waals surface area contributed by atoms with Gasteiger partial charge >= 0.3 is 0 Å². The molecule has 3 heterocycles. The third-order valence-corrected chi connectivity index (χ3v) is 5.02. The van der Waals surface area contributed by atoms with Crippen LogP contribution in [0, 0.1) is 0 Å². The molecule has 3 nitrogen and oxygen atoms in total. The average molecular weight is 252 g/mol. The van der Waals surface area contributed by atoms with E-state index in [-0.39, 0.29) is 6.10 Å². The van der Waals surface area contributed by atoms with Crippen LogP contribution in [0.15, 0.2) is 17.5 Å². The first-order valence-corrected chi connectivity index (χ1v) is 7.41. The van der Waals surface area contributed by atoms with Crippen molar-refractivity contribution in [2.24, 2.45) is 0 Å². The summed E-state index contributed by atoms with van der Waals surface area (Å²) in [5, 5.41) is 15.6. The Morgan fingerprint density at radius 3 is 3.24 bits per heavy atom. The fourth-order valence-corrected chi connectivity index (χ4v) is 3.88. The van der Waals surface area contributed by atoms with Crippen molar-refractivity contribution in [2.45, 2.75) is 37.5 Å². The fourth-order valence-electron chi connectivity index (χ4n) is 3.17. The molecule has 4 heteroatoms. The highest BCUT2D eigenvalue weighted by atomic mass is 32.1. The predicted octanol–water partition coefficient (Wildman–Crippen LogP) is 1.61. The minimum absolute atomic E-state index is 0.342. The van der Waals surface area contributed by atoms with Crippen LogP contribution in [0.4, 0.5) is 0 Å². The van der Waals surface area contributed by atoms with E-state index in [9.17, 15) is 5.11 Å². The zero-order chi connectivity index (χ0) is 11.7. The predicted molar refractivity (Wildman–Crippen MR) is 70.3 cm³/mol. The first kappa shape index (κ1) is 11.7. The number of hydrogen-bond acceptors (Lipinski definition) is 4. The lowest BCUT2D eigenvalue weighted by atomic mass is 10.1. The van der Waals surface area contributed by atoms with Crippen LogP contribution in [-0.2, 0) is 0 Å². The van der Waals surface area contributed by atoms with Gasteiger partial charge in [0.15, 0.2) is 0 Å². The minimum Gasteiger partial charge on any atom is -0.386 e. The van der Waals surface area contributed by atoms with Gasteiger partial charge in [0.1, 0.15) is 6.10 Å². The molecule has 0 bridgehead atoms. The molecule has 0 radical (unpaired) electrons. The average Bonchev–Trinajstić information content (AvgIpc) is 3.03. The molecule has 3 atom stereocenters. The molecule has 2 saturated heterocycles. The first-order valence-electron chi connectivity index (χ1n) is 6.53. The Labute approximate surface area is 106 Å². The van der Waals surface area contributed by atoms with Crippen LogP contribution in [0.1, 0.15) is 30.2 Å². The first-order chi connectivity index (χ1) is 8.34. The molecule has 0 amide bonds. The van der Waals surface area contributed by atoms with E-state index in [1.54, 1.807) is 11.3 Å². The number of hydrogen-bond donors (Lipinski definition) is 2. The van der Waals surface area contributed by atoms with Crippen molar-refractivity contribution >= 4 is 11.3 Å². The van der Waals surface area contributed by atoms with E-state index in [1.165, 1.54) is 32.4 Å². The van der Waals surface area contributed by atoms with Crippen LogP contribution in [0.5, 0.6) is 0 Å². The lowest BCUT2D eigenvalue weighted by Gasteiger charge is -2.22. The van der Waals surface area contributed by atoms with Crippen molar-refractivity contribution in [3.63, 3.8) is 0 Å². The maximum atomic E-state index is 10.0. The molecule has 1 aromatic rings. The van der Waals surface area contributed by atoms with Crippen LogP contribution in [-0.4, -0.2) is 41.7 Å². The van der Waals surface area contributed by atoms with E-state index in [4.69, 9.17) is 0 Å². The summed E-state index contributed by atoms with van der Waals surface area (Å²) in [6.45, 7) is 3.20. The summed E-state index contributed by atoms with van der Waals surface area (Å²) < 4.78 is 0. The van der Waals surface area contributed by atoms with E-state index in [1.807, 2.05) is 17.5 Å². The highest BCUT2D eigenvalue weighted by molar-refractivity contribution is 7.10. The Hall–Kier alpha value is -0.420. The Morgan fingerprint density at radius 2 is 2.41 bits per heavy atom. The molecular formula is C13H20N2OS. The zero-order valence-electron chi connectivity index (χ0n) is 10.0. The zero-order valence-corrected chi connectivity index (χ0v) is 10.8. The van der Waals surface area contributed by atoms with Crippen LogP contribution in [0.3, 0.4) is 0 Å². The number of nitrogens with one attached hydrogen (secondary N) is 1. The van der Waals surface area contributed by atoms with Gasteiger partial charge in [0.05, 0.1) is 0 Å². The van der Waals surface area contributed by atoms with Crippen molar-refractivity contribution in [1.29, 1.82) is 0 Å². The Balaban J connectivity index is 1.51. The van der Waals surface area contributed by atoms with Gasteiger partial charge in [-0.15, -0.1) is 11.3 Å². The molecule has 2 aliphatic heterocycles. The lowest BCUT2D eigenvalue weighted by Crippen LogP contribution is -2.40. The van der Waals surface area contributed by atoms with Crippen molar-refractivity contribution in [3.8, 4) is 0 Å². The summed E-state index contributed by atoms with van der Waals surface area (Å²) in [6.07, 6.45) is 3.57. The summed E-state index contributed by atoms with van der Waals surface area (Å²) in [5.41, 5.74) is 0. The van der Waals surface area contributed by atoms with Crippen molar-refractivity contribution in [3.05, 3.63) is 22.4 Å².